The van der Waals surface area contributed by atoms with Crippen molar-refractivity contribution in [2.45, 2.75) is 13.0 Å². The van der Waals surface area contributed by atoms with Crippen molar-refractivity contribution < 1.29 is 24.2 Å². The van der Waals surface area contributed by atoms with Gasteiger partial charge in [-0.15, -0.1) is 0 Å². The maximum atomic E-state index is 11.5. The SMILES string of the molecule is COC(CNC(=O)COc1ccc(Cl)c(C)c1)C(=O)O. The van der Waals surface area contributed by atoms with Gasteiger partial charge in [-0.05, 0) is 30.7 Å². The van der Waals surface area contributed by atoms with E-state index in [1.165, 1.54) is 7.11 Å². The van der Waals surface area contributed by atoms with Crippen molar-refractivity contribution in [3.8, 4) is 5.75 Å². The third-order valence-electron chi connectivity index (χ3n) is 2.54. The van der Waals surface area contributed by atoms with E-state index in [9.17, 15) is 9.59 Å². The van der Waals surface area contributed by atoms with Crippen LogP contribution in [0.3, 0.4) is 0 Å². The molecule has 0 saturated carbocycles. The first kappa shape index (κ1) is 16.3. The van der Waals surface area contributed by atoms with Crippen LogP contribution in [-0.2, 0) is 14.3 Å². The van der Waals surface area contributed by atoms with E-state index in [4.69, 9.17) is 21.4 Å². The summed E-state index contributed by atoms with van der Waals surface area (Å²) in [5.41, 5.74) is 0.842. The summed E-state index contributed by atoms with van der Waals surface area (Å²) in [6.07, 6.45) is -1.07. The Bertz CT molecular complexity index is 492. The zero-order valence-electron chi connectivity index (χ0n) is 11.2. The lowest BCUT2D eigenvalue weighted by atomic mass is 10.2. The number of carbonyl (C=O) groups is 2. The molecule has 1 aromatic rings. The number of amides is 1. The average molecular weight is 302 g/mol. The molecule has 0 fully saturated rings. The monoisotopic (exact) mass is 301 g/mol. The maximum absolute atomic E-state index is 11.5. The largest absolute Gasteiger partial charge is 0.484 e. The summed E-state index contributed by atoms with van der Waals surface area (Å²) in [7, 11) is 1.26. The molecule has 0 aliphatic heterocycles. The van der Waals surface area contributed by atoms with Gasteiger partial charge in [-0.1, -0.05) is 11.6 Å². The molecule has 1 amide bonds. The number of aryl methyl sites for hydroxylation is 1. The van der Waals surface area contributed by atoms with E-state index in [0.717, 1.165) is 5.56 Å². The van der Waals surface area contributed by atoms with E-state index in [1.807, 2.05) is 6.92 Å². The van der Waals surface area contributed by atoms with Crippen molar-refractivity contribution in [2.24, 2.45) is 0 Å². The molecule has 0 aliphatic rings. The van der Waals surface area contributed by atoms with Crippen molar-refractivity contribution in [2.75, 3.05) is 20.3 Å². The molecule has 7 heteroatoms. The van der Waals surface area contributed by atoms with Gasteiger partial charge in [0.15, 0.2) is 12.7 Å². The Balaban J connectivity index is 2.39. The summed E-state index contributed by atoms with van der Waals surface area (Å²) in [5.74, 6) is -1.05. The molecule has 1 atom stereocenters. The van der Waals surface area contributed by atoms with Gasteiger partial charge >= 0.3 is 5.97 Å². The highest BCUT2D eigenvalue weighted by Crippen LogP contribution is 2.20. The molecule has 0 spiro atoms. The van der Waals surface area contributed by atoms with Crippen LogP contribution >= 0.6 is 11.6 Å². The molecule has 110 valence electrons. The van der Waals surface area contributed by atoms with E-state index < -0.39 is 18.0 Å². The second-order valence-corrected chi connectivity index (χ2v) is 4.47. The van der Waals surface area contributed by atoms with Gasteiger partial charge in [-0.2, -0.15) is 0 Å². The molecule has 0 heterocycles. The van der Waals surface area contributed by atoms with Gasteiger partial charge in [-0.25, -0.2) is 4.79 Å². The number of rotatable bonds is 7. The minimum Gasteiger partial charge on any atom is -0.484 e. The van der Waals surface area contributed by atoms with Gasteiger partial charge in [0.2, 0.25) is 0 Å². The molecule has 1 rings (SSSR count). The summed E-state index contributed by atoms with van der Waals surface area (Å²) in [6.45, 7) is 1.50. The molecule has 20 heavy (non-hydrogen) atoms. The van der Waals surface area contributed by atoms with Gasteiger partial charge in [0.05, 0.1) is 6.54 Å². The number of carboxylic acids is 1. The van der Waals surface area contributed by atoms with Crippen molar-refractivity contribution in [3.63, 3.8) is 0 Å². The number of ether oxygens (including phenoxy) is 2. The number of benzene rings is 1. The minimum absolute atomic E-state index is 0.117. The Kier molecular flexibility index (Phi) is 6.27. The van der Waals surface area contributed by atoms with Crippen LogP contribution < -0.4 is 10.1 Å². The fourth-order valence-electron chi connectivity index (χ4n) is 1.38. The molecule has 0 radical (unpaired) electrons. The highest BCUT2D eigenvalue weighted by molar-refractivity contribution is 6.31. The van der Waals surface area contributed by atoms with Gasteiger partial charge in [0.1, 0.15) is 5.75 Å². The predicted molar refractivity (Wildman–Crippen MR) is 73.1 cm³/mol. The molecule has 1 unspecified atom stereocenters. The third-order valence-corrected chi connectivity index (χ3v) is 2.97. The lowest BCUT2D eigenvalue weighted by Gasteiger charge is -2.12. The standard InChI is InChI=1S/C13H16ClNO5/c1-8-5-9(3-4-10(8)14)20-7-12(16)15-6-11(19-2)13(17)18/h3-5,11H,6-7H2,1-2H3,(H,15,16)(H,17,18). The van der Waals surface area contributed by atoms with Crippen molar-refractivity contribution >= 4 is 23.5 Å². The molecule has 0 aromatic heterocycles. The molecule has 0 aliphatic carbocycles. The zero-order valence-corrected chi connectivity index (χ0v) is 11.9. The minimum atomic E-state index is -1.14. The fourth-order valence-corrected chi connectivity index (χ4v) is 1.50. The van der Waals surface area contributed by atoms with E-state index in [2.05, 4.69) is 10.1 Å². The van der Waals surface area contributed by atoms with Crippen LogP contribution in [-0.4, -0.2) is 43.3 Å². The Hall–Kier alpha value is -1.79. The third kappa shape index (κ3) is 5.07. The smallest absolute Gasteiger partial charge is 0.334 e. The lowest BCUT2D eigenvalue weighted by molar-refractivity contribution is -0.148. The molecular formula is C13H16ClNO5. The molecule has 1 aromatic carbocycles. The Morgan fingerprint density at radius 3 is 2.70 bits per heavy atom. The highest BCUT2D eigenvalue weighted by Gasteiger charge is 2.17. The summed E-state index contributed by atoms with van der Waals surface area (Å²) in [5, 5.41) is 11.8. The second-order valence-electron chi connectivity index (χ2n) is 4.07. The van der Waals surface area contributed by atoms with Crippen molar-refractivity contribution in [3.05, 3.63) is 28.8 Å². The number of methoxy groups -OCH3 is 1. The fraction of sp³-hybridized carbons (Fsp3) is 0.385. The number of halogens is 1. The average Bonchev–Trinajstić information content (AvgIpc) is 2.40. The molecule has 6 nitrogen and oxygen atoms in total. The Labute approximate surface area is 121 Å². The van der Waals surface area contributed by atoms with E-state index in [0.29, 0.717) is 10.8 Å². The van der Waals surface area contributed by atoms with E-state index in [1.54, 1.807) is 18.2 Å². The number of hydrogen-bond donors (Lipinski definition) is 2. The van der Waals surface area contributed by atoms with Crippen LogP contribution in [0.1, 0.15) is 5.56 Å². The van der Waals surface area contributed by atoms with Gasteiger partial charge < -0.3 is 19.9 Å². The Morgan fingerprint density at radius 2 is 2.15 bits per heavy atom. The predicted octanol–water partition coefficient (Wildman–Crippen LogP) is 1.24. The normalized spacial score (nSPS) is 11.8. The summed E-state index contributed by atoms with van der Waals surface area (Å²) < 4.78 is 9.96. The number of carbonyl (C=O) groups excluding carboxylic acids is 1. The molecule has 2 N–H and O–H groups in total. The van der Waals surface area contributed by atoms with Crippen LogP contribution in [0, 0.1) is 6.92 Å². The number of nitrogens with one attached hydrogen (secondary N) is 1. The maximum Gasteiger partial charge on any atom is 0.334 e. The first-order valence-electron chi connectivity index (χ1n) is 5.85. The van der Waals surface area contributed by atoms with Crippen LogP contribution in [0.2, 0.25) is 5.02 Å². The van der Waals surface area contributed by atoms with Gasteiger partial charge in [0, 0.05) is 12.1 Å². The Morgan fingerprint density at radius 1 is 1.45 bits per heavy atom. The summed E-state index contributed by atoms with van der Waals surface area (Å²) in [6, 6.07) is 5.04. The van der Waals surface area contributed by atoms with Crippen LogP contribution in [0.4, 0.5) is 0 Å². The topological polar surface area (TPSA) is 84.9 Å². The number of carboxylic acid groups (broad SMARTS) is 1. The lowest BCUT2D eigenvalue weighted by Crippen LogP contribution is -2.39. The first-order valence-corrected chi connectivity index (χ1v) is 6.23. The second kappa shape index (κ2) is 7.72. The van der Waals surface area contributed by atoms with Gasteiger partial charge in [0.25, 0.3) is 5.91 Å². The molecule has 0 bridgehead atoms. The van der Waals surface area contributed by atoms with Gasteiger partial charge in [-0.3, -0.25) is 4.79 Å². The highest BCUT2D eigenvalue weighted by atomic mass is 35.5. The molecule has 0 saturated heterocycles. The van der Waals surface area contributed by atoms with Crippen LogP contribution in [0.5, 0.6) is 5.75 Å². The van der Waals surface area contributed by atoms with Crippen molar-refractivity contribution in [1.82, 2.24) is 5.32 Å². The van der Waals surface area contributed by atoms with E-state index >= 15 is 0 Å². The van der Waals surface area contributed by atoms with E-state index in [-0.39, 0.29) is 13.2 Å². The van der Waals surface area contributed by atoms with Crippen LogP contribution in [0.15, 0.2) is 18.2 Å². The summed E-state index contributed by atoms with van der Waals surface area (Å²) in [4.78, 5) is 22.2. The first-order chi connectivity index (χ1) is 9.43. The number of hydrogen-bond acceptors (Lipinski definition) is 4. The molecular weight excluding hydrogens is 286 g/mol. The van der Waals surface area contributed by atoms with Crippen LogP contribution in [0.25, 0.3) is 0 Å². The van der Waals surface area contributed by atoms with Crippen molar-refractivity contribution in [1.29, 1.82) is 0 Å². The number of aliphatic carboxylic acids is 1. The summed E-state index contributed by atoms with van der Waals surface area (Å²) >= 11 is 5.87. The quantitative estimate of drug-likeness (QED) is 0.791. The zero-order chi connectivity index (χ0) is 15.1.